The van der Waals surface area contributed by atoms with Crippen LogP contribution in [0.15, 0.2) is 77.9 Å². The van der Waals surface area contributed by atoms with Gasteiger partial charge in [-0.15, -0.1) is 0 Å². The average molecular weight is 319 g/mol. The van der Waals surface area contributed by atoms with Crippen LogP contribution >= 0.6 is 0 Å². The molecule has 0 aliphatic carbocycles. The summed E-state index contributed by atoms with van der Waals surface area (Å²) in [5.74, 6) is -0.308. The lowest BCUT2D eigenvalue weighted by Crippen LogP contribution is -2.21. The van der Waals surface area contributed by atoms with Crippen molar-refractivity contribution < 1.29 is 4.39 Å². The molecule has 118 valence electrons. The molecule has 4 nitrogen and oxygen atoms in total. The lowest BCUT2D eigenvalue weighted by molar-refractivity contribution is 0.622. The lowest BCUT2D eigenvalue weighted by Gasteiger charge is -2.06. The molecule has 24 heavy (non-hydrogen) atoms. The topological polar surface area (TPSA) is 39.3 Å². The third-order valence-corrected chi connectivity index (χ3v) is 3.92. The summed E-state index contributed by atoms with van der Waals surface area (Å²) in [6.45, 7) is 0.318. The van der Waals surface area contributed by atoms with Gasteiger partial charge in [-0.1, -0.05) is 42.5 Å². The van der Waals surface area contributed by atoms with Gasteiger partial charge in [-0.3, -0.25) is 4.79 Å². The first-order valence-electron chi connectivity index (χ1n) is 7.59. The molecule has 2 heterocycles. The summed E-state index contributed by atoms with van der Waals surface area (Å²) >= 11 is 0. The largest absolute Gasteiger partial charge is 0.308 e. The molecule has 0 saturated heterocycles. The van der Waals surface area contributed by atoms with Gasteiger partial charge in [0.1, 0.15) is 11.3 Å². The Balaban J connectivity index is 1.76. The average Bonchev–Trinajstić information content (AvgIpc) is 3.03. The molecule has 0 unspecified atom stereocenters. The van der Waals surface area contributed by atoms with Gasteiger partial charge in [0, 0.05) is 18.0 Å². The Hall–Kier alpha value is -3.21. The second-order valence-electron chi connectivity index (χ2n) is 5.59. The Morgan fingerprint density at radius 3 is 2.58 bits per heavy atom. The standard InChI is InChI=1S/C19H14FN3O/c20-16-8-4-5-14(11-16)13-22-9-10-23-18(19(22)24)12-17(21-23)15-6-2-1-3-7-15/h1-12H,13H2. The summed E-state index contributed by atoms with van der Waals surface area (Å²) in [5, 5.41) is 4.45. The van der Waals surface area contributed by atoms with E-state index in [0.29, 0.717) is 12.1 Å². The second-order valence-corrected chi connectivity index (χ2v) is 5.59. The van der Waals surface area contributed by atoms with Gasteiger partial charge in [-0.25, -0.2) is 8.91 Å². The third kappa shape index (κ3) is 2.60. The summed E-state index contributed by atoms with van der Waals surface area (Å²) in [5.41, 5.74) is 2.78. The maximum absolute atomic E-state index is 13.3. The maximum atomic E-state index is 13.3. The maximum Gasteiger partial charge on any atom is 0.276 e. The van der Waals surface area contributed by atoms with E-state index in [1.165, 1.54) is 12.1 Å². The van der Waals surface area contributed by atoms with Crippen LogP contribution < -0.4 is 5.56 Å². The predicted octanol–water partition coefficient (Wildman–Crippen LogP) is 3.35. The van der Waals surface area contributed by atoms with Crippen molar-refractivity contribution in [2.75, 3.05) is 0 Å². The molecular formula is C19H14FN3O. The van der Waals surface area contributed by atoms with E-state index in [1.54, 1.807) is 39.7 Å². The van der Waals surface area contributed by atoms with E-state index >= 15 is 0 Å². The Morgan fingerprint density at radius 1 is 0.958 bits per heavy atom. The van der Waals surface area contributed by atoms with Crippen LogP contribution in [0.1, 0.15) is 5.56 Å². The second kappa shape index (κ2) is 5.77. The Morgan fingerprint density at radius 2 is 1.79 bits per heavy atom. The number of benzene rings is 2. The number of rotatable bonds is 3. The third-order valence-electron chi connectivity index (χ3n) is 3.92. The molecule has 0 saturated carbocycles. The molecule has 0 N–H and O–H groups in total. The molecule has 2 aromatic heterocycles. The fourth-order valence-electron chi connectivity index (χ4n) is 2.73. The highest BCUT2D eigenvalue weighted by atomic mass is 19.1. The van der Waals surface area contributed by atoms with Crippen molar-refractivity contribution >= 4 is 5.52 Å². The number of halogens is 1. The minimum absolute atomic E-state index is 0.156. The van der Waals surface area contributed by atoms with Crippen molar-refractivity contribution in [2.24, 2.45) is 0 Å². The Labute approximate surface area is 137 Å². The van der Waals surface area contributed by atoms with Gasteiger partial charge in [0.2, 0.25) is 0 Å². The molecule has 4 rings (SSSR count). The van der Waals surface area contributed by atoms with Crippen molar-refractivity contribution in [1.82, 2.24) is 14.2 Å². The zero-order valence-corrected chi connectivity index (χ0v) is 12.8. The molecule has 0 aliphatic heterocycles. The molecule has 5 heteroatoms. The van der Waals surface area contributed by atoms with Crippen LogP contribution in [-0.4, -0.2) is 14.2 Å². The predicted molar refractivity (Wildman–Crippen MR) is 90.4 cm³/mol. The molecule has 0 atom stereocenters. The molecule has 2 aromatic carbocycles. The quantitative estimate of drug-likeness (QED) is 0.581. The lowest BCUT2D eigenvalue weighted by atomic mass is 10.1. The van der Waals surface area contributed by atoms with Crippen molar-refractivity contribution in [2.45, 2.75) is 6.54 Å². The van der Waals surface area contributed by atoms with Crippen LogP contribution in [0.5, 0.6) is 0 Å². The molecule has 0 aliphatic rings. The van der Waals surface area contributed by atoms with E-state index in [9.17, 15) is 9.18 Å². The van der Waals surface area contributed by atoms with Crippen LogP contribution in [0.2, 0.25) is 0 Å². The van der Waals surface area contributed by atoms with Gasteiger partial charge in [0.25, 0.3) is 5.56 Å². The van der Waals surface area contributed by atoms with Crippen LogP contribution in [0.25, 0.3) is 16.8 Å². The van der Waals surface area contributed by atoms with Crippen LogP contribution in [-0.2, 0) is 6.54 Å². The SMILES string of the molecule is O=c1c2cc(-c3ccccc3)nn2ccn1Cc1cccc(F)c1. The summed E-state index contributed by atoms with van der Waals surface area (Å²) in [6.07, 6.45) is 3.41. The van der Waals surface area contributed by atoms with Crippen LogP contribution in [0, 0.1) is 5.82 Å². The molecule has 0 amide bonds. The van der Waals surface area contributed by atoms with E-state index < -0.39 is 0 Å². The van der Waals surface area contributed by atoms with E-state index in [0.717, 1.165) is 16.8 Å². The molecule has 0 bridgehead atoms. The summed E-state index contributed by atoms with van der Waals surface area (Å²) in [4.78, 5) is 12.7. The normalized spacial score (nSPS) is 11.0. The highest BCUT2D eigenvalue weighted by Crippen LogP contribution is 2.17. The molecular weight excluding hydrogens is 305 g/mol. The first-order chi connectivity index (χ1) is 11.7. The number of hydrogen-bond donors (Lipinski definition) is 0. The first kappa shape index (κ1) is 14.4. The number of aromatic nitrogens is 3. The molecule has 0 radical (unpaired) electrons. The molecule has 0 fully saturated rings. The number of nitrogens with zero attached hydrogens (tertiary/aromatic N) is 3. The Kier molecular flexibility index (Phi) is 3.46. The monoisotopic (exact) mass is 319 g/mol. The van der Waals surface area contributed by atoms with E-state index in [-0.39, 0.29) is 11.4 Å². The fourth-order valence-corrected chi connectivity index (χ4v) is 2.73. The highest BCUT2D eigenvalue weighted by molar-refractivity contribution is 5.65. The fraction of sp³-hybridized carbons (Fsp3) is 0.0526. The van der Waals surface area contributed by atoms with Gasteiger partial charge < -0.3 is 4.57 Å². The smallest absolute Gasteiger partial charge is 0.276 e. The van der Waals surface area contributed by atoms with E-state index in [4.69, 9.17) is 0 Å². The summed E-state index contributed by atoms with van der Waals surface area (Å²) < 4.78 is 16.4. The van der Waals surface area contributed by atoms with Crippen molar-refractivity contribution in [1.29, 1.82) is 0 Å². The zero-order valence-electron chi connectivity index (χ0n) is 12.8. The van der Waals surface area contributed by atoms with Gasteiger partial charge in [0.05, 0.1) is 12.2 Å². The highest BCUT2D eigenvalue weighted by Gasteiger charge is 2.09. The minimum Gasteiger partial charge on any atom is -0.308 e. The van der Waals surface area contributed by atoms with Crippen molar-refractivity contribution in [3.05, 3.63) is 94.8 Å². The first-order valence-corrected chi connectivity index (χ1v) is 7.59. The summed E-state index contributed by atoms with van der Waals surface area (Å²) in [7, 11) is 0. The van der Waals surface area contributed by atoms with Gasteiger partial charge in [-0.05, 0) is 23.8 Å². The van der Waals surface area contributed by atoms with Crippen molar-refractivity contribution in [3.8, 4) is 11.3 Å². The van der Waals surface area contributed by atoms with Crippen LogP contribution in [0.4, 0.5) is 4.39 Å². The Bertz CT molecular complexity index is 1070. The van der Waals surface area contributed by atoms with Crippen molar-refractivity contribution in [3.63, 3.8) is 0 Å². The number of fused-ring (bicyclic) bond motifs is 1. The van der Waals surface area contributed by atoms with Gasteiger partial charge in [0.15, 0.2) is 0 Å². The van der Waals surface area contributed by atoms with E-state index in [2.05, 4.69) is 5.10 Å². The summed E-state index contributed by atoms with van der Waals surface area (Å²) in [6, 6.07) is 17.7. The number of hydrogen-bond acceptors (Lipinski definition) is 2. The van der Waals surface area contributed by atoms with E-state index in [1.807, 2.05) is 30.3 Å². The molecule has 0 spiro atoms. The zero-order chi connectivity index (χ0) is 16.5. The van der Waals surface area contributed by atoms with Crippen LogP contribution in [0.3, 0.4) is 0 Å². The van der Waals surface area contributed by atoms with Gasteiger partial charge in [-0.2, -0.15) is 5.10 Å². The minimum atomic E-state index is -0.308. The van der Waals surface area contributed by atoms with Gasteiger partial charge >= 0.3 is 0 Å². The molecule has 4 aromatic rings.